The van der Waals surface area contributed by atoms with E-state index in [1.165, 1.54) is 21.1 Å². The summed E-state index contributed by atoms with van der Waals surface area (Å²) in [7, 11) is 0. The van der Waals surface area contributed by atoms with Crippen LogP contribution in [0, 0.1) is 0 Å². The van der Waals surface area contributed by atoms with Crippen molar-refractivity contribution < 1.29 is 19.1 Å². The third kappa shape index (κ3) is 5.99. The van der Waals surface area contributed by atoms with Gasteiger partial charge in [-0.3, -0.25) is 0 Å². The van der Waals surface area contributed by atoms with E-state index >= 15 is 0 Å². The van der Waals surface area contributed by atoms with Gasteiger partial charge in [0.25, 0.3) is 0 Å². The molecule has 4 nitrogen and oxygen atoms in total. The summed E-state index contributed by atoms with van der Waals surface area (Å²) in [4.78, 5) is 21.7. The molecule has 6 heteroatoms. The first-order valence-electron chi connectivity index (χ1n) is 6.44. The fourth-order valence-electron chi connectivity index (χ4n) is 1.55. The predicted molar refractivity (Wildman–Crippen MR) is 86.3 cm³/mol. The van der Waals surface area contributed by atoms with Gasteiger partial charge < -0.3 is 0 Å². The summed E-state index contributed by atoms with van der Waals surface area (Å²) in [6.07, 6.45) is 0. The van der Waals surface area contributed by atoms with Crippen LogP contribution in [0.4, 0.5) is 0 Å². The normalized spacial score (nSPS) is 10.1. The number of rotatable bonds is 5. The van der Waals surface area contributed by atoms with E-state index in [1.54, 1.807) is 0 Å². The fourth-order valence-corrected chi connectivity index (χ4v) is 11.5. The van der Waals surface area contributed by atoms with Crippen molar-refractivity contribution in [2.45, 2.75) is 13.8 Å². The number of benzene rings is 2. The van der Waals surface area contributed by atoms with Crippen molar-refractivity contribution in [1.82, 2.24) is 0 Å². The van der Waals surface area contributed by atoms with Crippen LogP contribution in [-0.2, 0) is 9.59 Å². The Labute approximate surface area is 145 Å². The van der Waals surface area contributed by atoms with E-state index in [-0.39, 0.29) is 46.1 Å². The van der Waals surface area contributed by atoms with Crippen molar-refractivity contribution in [3.05, 3.63) is 48.5 Å². The van der Waals surface area contributed by atoms with Crippen LogP contribution in [-0.4, -0.2) is 46.1 Å². The molecule has 0 saturated carbocycles. The number of hydrogen-bond donors (Lipinski definition) is 0. The van der Waals surface area contributed by atoms with E-state index in [2.05, 4.69) is 0 Å². The van der Waals surface area contributed by atoms with E-state index in [4.69, 9.17) is 9.47 Å². The molecule has 22 heavy (non-hydrogen) atoms. The molecule has 0 aliphatic carbocycles. The Kier molecular flexibility index (Phi) is 6.73. The van der Waals surface area contributed by atoms with E-state index < -0.39 is 0 Å². The van der Waals surface area contributed by atoms with Gasteiger partial charge >= 0.3 is 146 Å². The molecule has 0 atom stereocenters. The molecule has 114 valence electrons. The van der Waals surface area contributed by atoms with Crippen molar-refractivity contribution in [2.24, 2.45) is 0 Å². The summed E-state index contributed by atoms with van der Waals surface area (Å²) >= 11 is -0.442. The third-order valence-corrected chi connectivity index (χ3v) is 14.3. The number of carbonyl (C=O) groups is 2. The molecular formula is C16H14O4Te2. The van der Waals surface area contributed by atoms with Crippen molar-refractivity contribution in [2.75, 3.05) is 0 Å². The Morgan fingerprint density at radius 1 is 0.682 bits per heavy atom. The second-order valence-electron chi connectivity index (χ2n) is 4.30. The van der Waals surface area contributed by atoms with Gasteiger partial charge in [0.1, 0.15) is 0 Å². The van der Waals surface area contributed by atoms with Crippen molar-refractivity contribution in [3.8, 4) is 11.5 Å². The first kappa shape index (κ1) is 17.3. The number of hydrogen-bond acceptors (Lipinski definition) is 4. The van der Waals surface area contributed by atoms with Crippen molar-refractivity contribution in [1.29, 1.82) is 0 Å². The molecule has 0 bridgehead atoms. The van der Waals surface area contributed by atoms with Crippen molar-refractivity contribution >= 4 is 53.3 Å². The molecule has 0 amide bonds. The molecule has 2 aromatic rings. The van der Waals surface area contributed by atoms with Crippen molar-refractivity contribution in [3.63, 3.8) is 0 Å². The molecule has 0 aliphatic rings. The Bertz CT molecular complexity index is 591. The van der Waals surface area contributed by atoms with Gasteiger partial charge in [0.2, 0.25) is 0 Å². The van der Waals surface area contributed by atoms with Crippen LogP contribution in [0.5, 0.6) is 11.5 Å². The summed E-state index contributed by atoms with van der Waals surface area (Å²) in [6.45, 7) is 2.79. The van der Waals surface area contributed by atoms with Crippen LogP contribution in [0.3, 0.4) is 0 Å². The summed E-state index contributed by atoms with van der Waals surface area (Å²) in [5.41, 5.74) is 0. The Hall–Kier alpha value is -1.04. The standard InChI is InChI=1S/C16H14O4Te2/c1-11(17)19-13-3-7-15(8-4-13)21-22-16-9-5-14(6-10-16)20-12(2)18/h3-10H,1-2H3. The Balaban J connectivity index is 1.89. The molecule has 2 aromatic carbocycles. The predicted octanol–water partition coefficient (Wildman–Crippen LogP) is 0.811. The molecule has 2 rings (SSSR count). The maximum absolute atomic E-state index is 10.9. The molecule has 0 radical (unpaired) electrons. The van der Waals surface area contributed by atoms with Crippen LogP contribution in [0.1, 0.15) is 13.8 Å². The Morgan fingerprint density at radius 3 is 1.27 bits per heavy atom. The summed E-state index contributed by atoms with van der Waals surface area (Å²) in [5, 5.41) is 0. The third-order valence-electron chi connectivity index (χ3n) is 2.40. The van der Waals surface area contributed by atoms with Crippen LogP contribution < -0.4 is 16.7 Å². The fraction of sp³-hybridized carbons (Fsp3) is 0.125. The second-order valence-corrected chi connectivity index (χ2v) is 14.3. The quantitative estimate of drug-likeness (QED) is 0.330. The average molecular weight is 525 g/mol. The zero-order valence-corrected chi connectivity index (χ0v) is 16.7. The molecule has 0 aromatic heterocycles. The topological polar surface area (TPSA) is 52.6 Å². The van der Waals surface area contributed by atoms with Gasteiger partial charge in [-0.05, 0) is 0 Å². The van der Waals surface area contributed by atoms with E-state index in [0.29, 0.717) is 11.5 Å². The van der Waals surface area contributed by atoms with E-state index in [1.807, 2.05) is 48.5 Å². The first-order chi connectivity index (χ1) is 10.5. The van der Waals surface area contributed by atoms with E-state index in [0.717, 1.165) is 0 Å². The molecule has 0 fully saturated rings. The summed E-state index contributed by atoms with van der Waals surface area (Å²) < 4.78 is 12.8. The van der Waals surface area contributed by atoms with Crippen LogP contribution in [0.2, 0.25) is 0 Å². The van der Waals surface area contributed by atoms with Gasteiger partial charge in [-0.15, -0.1) is 0 Å². The van der Waals surface area contributed by atoms with Crippen LogP contribution in [0.25, 0.3) is 0 Å². The van der Waals surface area contributed by atoms with E-state index in [9.17, 15) is 9.59 Å². The first-order valence-corrected chi connectivity index (χ1v) is 16.1. The average Bonchev–Trinajstić information content (AvgIpc) is 2.47. The van der Waals surface area contributed by atoms with Crippen LogP contribution in [0.15, 0.2) is 48.5 Å². The Morgan fingerprint density at radius 2 is 1.00 bits per heavy atom. The minimum absolute atomic E-state index is 0.221. The van der Waals surface area contributed by atoms with Gasteiger partial charge in [0, 0.05) is 0 Å². The SMILES string of the molecule is CC(=O)Oc1ccc([Te][Te]c2ccc(OC(C)=O)cc2)cc1. The van der Waals surface area contributed by atoms with Gasteiger partial charge in [0.05, 0.1) is 0 Å². The summed E-state index contributed by atoms with van der Waals surface area (Å²) in [5.74, 6) is 0.585. The molecule has 0 aliphatic heterocycles. The zero-order chi connectivity index (χ0) is 15.9. The van der Waals surface area contributed by atoms with Crippen LogP contribution >= 0.6 is 0 Å². The maximum atomic E-state index is 10.9. The number of ether oxygens (including phenoxy) is 2. The monoisotopic (exact) mass is 530 g/mol. The molecule has 0 saturated heterocycles. The molecule has 0 heterocycles. The van der Waals surface area contributed by atoms with Gasteiger partial charge in [-0.1, -0.05) is 0 Å². The van der Waals surface area contributed by atoms with Gasteiger partial charge in [-0.25, -0.2) is 0 Å². The molecule has 0 unspecified atom stereocenters. The molecular weight excluding hydrogens is 511 g/mol. The van der Waals surface area contributed by atoms with Gasteiger partial charge in [0.15, 0.2) is 0 Å². The zero-order valence-electron chi connectivity index (χ0n) is 12.1. The minimum atomic E-state index is -0.300. The summed E-state index contributed by atoms with van der Waals surface area (Å²) in [6, 6.07) is 15.5. The number of esters is 2. The second kappa shape index (κ2) is 8.55. The molecule has 0 N–H and O–H groups in total. The molecule has 0 spiro atoms. The number of carbonyl (C=O) groups excluding carboxylic acids is 2. The van der Waals surface area contributed by atoms with Gasteiger partial charge in [-0.2, -0.15) is 0 Å².